The summed E-state index contributed by atoms with van der Waals surface area (Å²) in [6, 6.07) is 3.10. The molecule has 0 aliphatic carbocycles. The van der Waals surface area contributed by atoms with E-state index in [1.54, 1.807) is 12.1 Å². The van der Waals surface area contributed by atoms with Crippen LogP contribution in [0.2, 0.25) is 0 Å². The molecule has 1 aromatic heterocycles. The molecular weight excluding hydrogens is 193 g/mol. The third-order valence-electron chi connectivity index (χ3n) is 2.73. The number of phenols is 1. The number of aromatic hydroxyl groups is 1. The standard InChI is InChI=1S/C10H12BNO3/c1-5-6(2)12-9-4-8(11(14)15)10(13)3-7(5)9/h3-4,12-15H,1-2H3. The normalized spacial score (nSPS) is 10.9. The van der Waals surface area contributed by atoms with Gasteiger partial charge in [-0.05, 0) is 31.5 Å². The highest BCUT2D eigenvalue weighted by atomic mass is 16.4. The summed E-state index contributed by atoms with van der Waals surface area (Å²) >= 11 is 0. The predicted octanol–water partition coefficient (Wildman–Crippen LogP) is 0.170. The van der Waals surface area contributed by atoms with Gasteiger partial charge in [-0.1, -0.05) is 0 Å². The van der Waals surface area contributed by atoms with Crippen molar-refractivity contribution in [2.24, 2.45) is 0 Å². The number of fused-ring (bicyclic) bond motifs is 1. The summed E-state index contributed by atoms with van der Waals surface area (Å²) in [6.45, 7) is 3.88. The van der Waals surface area contributed by atoms with E-state index in [4.69, 9.17) is 10.0 Å². The first-order chi connectivity index (χ1) is 7.00. The Hall–Kier alpha value is -1.46. The second-order valence-electron chi connectivity index (χ2n) is 3.71. The molecule has 0 saturated heterocycles. The zero-order valence-electron chi connectivity index (χ0n) is 8.57. The lowest BCUT2D eigenvalue weighted by Crippen LogP contribution is -2.29. The molecule has 0 bridgehead atoms. The van der Waals surface area contributed by atoms with E-state index in [0.717, 1.165) is 22.2 Å². The van der Waals surface area contributed by atoms with E-state index in [2.05, 4.69) is 4.98 Å². The molecule has 2 aromatic rings. The largest absolute Gasteiger partial charge is 0.508 e. The van der Waals surface area contributed by atoms with Crippen molar-refractivity contribution in [2.45, 2.75) is 13.8 Å². The summed E-state index contributed by atoms with van der Waals surface area (Å²) in [5.41, 5.74) is 2.97. The number of H-pyrrole nitrogens is 1. The van der Waals surface area contributed by atoms with Crippen LogP contribution in [0.4, 0.5) is 0 Å². The Morgan fingerprint density at radius 2 is 1.87 bits per heavy atom. The molecule has 15 heavy (non-hydrogen) atoms. The molecule has 0 saturated carbocycles. The van der Waals surface area contributed by atoms with E-state index in [1.807, 2.05) is 13.8 Å². The lowest BCUT2D eigenvalue weighted by atomic mass is 9.79. The minimum atomic E-state index is -1.65. The maximum Gasteiger partial charge on any atom is 0.492 e. The molecule has 0 fully saturated rings. The van der Waals surface area contributed by atoms with Gasteiger partial charge >= 0.3 is 7.12 Å². The van der Waals surface area contributed by atoms with E-state index < -0.39 is 7.12 Å². The van der Waals surface area contributed by atoms with Gasteiger partial charge in [0.05, 0.1) is 0 Å². The molecule has 4 nitrogen and oxygen atoms in total. The number of hydrogen-bond donors (Lipinski definition) is 4. The highest BCUT2D eigenvalue weighted by Gasteiger charge is 2.18. The maximum absolute atomic E-state index is 9.58. The maximum atomic E-state index is 9.58. The van der Waals surface area contributed by atoms with Gasteiger partial charge in [-0.25, -0.2) is 0 Å². The zero-order valence-corrected chi connectivity index (χ0v) is 8.57. The number of benzene rings is 1. The first-order valence-electron chi connectivity index (χ1n) is 4.68. The summed E-state index contributed by atoms with van der Waals surface area (Å²) in [4.78, 5) is 3.12. The van der Waals surface area contributed by atoms with Crippen molar-refractivity contribution in [3.8, 4) is 5.75 Å². The molecule has 2 rings (SSSR count). The molecule has 0 aliphatic heterocycles. The van der Waals surface area contributed by atoms with E-state index in [1.165, 1.54) is 0 Å². The smallest absolute Gasteiger partial charge is 0.492 e. The van der Waals surface area contributed by atoms with Crippen LogP contribution in [0.3, 0.4) is 0 Å². The van der Waals surface area contributed by atoms with E-state index in [9.17, 15) is 5.11 Å². The number of aromatic amines is 1. The monoisotopic (exact) mass is 205 g/mol. The molecule has 0 spiro atoms. The molecule has 1 heterocycles. The Labute approximate surface area is 87.3 Å². The number of rotatable bonds is 1. The average molecular weight is 205 g/mol. The van der Waals surface area contributed by atoms with E-state index in [-0.39, 0.29) is 11.2 Å². The molecule has 0 amide bonds. The molecule has 0 atom stereocenters. The van der Waals surface area contributed by atoms with Crippen molar-refractivity contribution < 1.29 is 15.2 Å². The fourth-order valence-electron chi connectivity index (χ4n) is 1.72. The summed E-state index contributed by atoms with van der Waals surface area (Å²) < 4.78 is 0. The quantitative estimate of drug-likeness (QED) is 0.501. The van der Waals surface area contributed by atoms with Crippen LogP contribution in [0.1, 0.15) is 11.3 Å². The number of phenolic OH excluding ortho intramolecular Hbond substituents is 1. The lowest BCUT2D eigenvalue weighted by Gasteiger charge is -2.03. The Morgan fingerprint density at radius 1 is 1.20 bits per heavy atom. The fraction of sp³-hybridized carbons (Fsp3) is 0.200. The Balaban J connectivity index is 2.76. The molecule has 5 heteroatoms. The van der Waals surface area contributed by atoms with Gasteiger partial charge in [0.2, 0.25) is 0 Å². The Morgan fingerprint density at radius 3 is 2.47 bits per heavy atom. The highest BCUT2D eigenvalue weighted by Crippen LogP contribution is 2.23. The Bertz CT molecular complexity index is 519. The van der Waals surface area contributed by atoms with Crippen LogP contribution in [0, 0.1) is 13.8 Å². The minimum absolute atomic E-state index is 0.0976. The highest BCUT2D eigenvalue weighted by molar-refractivity contribution is 6.60. The number of nitrogens with one attached hydrogen (secondary N) is 1. The van der Waals surface area contributed by atoms with Crippen LogP contribution in [0.15, 0.2) is 12.1 Å². The van der Waals surface area contributed by atoms with E-state index in [0.29, 0.717) is 0 Å². The van der Waals surface area contributed by atoms with Crippen LogP contribution in [-0.2, 0) is 0 Å². The summed E-state index contributed by atoms with van der Waals surface area (Å²) in [5.74, 6) is -0.0976. The first kappa shape index (κ1) is 10.1. The second-order valence-corrected chi connectivity index (χ2v) is 3.71. The zero-order chi connectivity index (χ0) is 11.2. The molecule has 0 aliphatic rings. The third kappa shape index (κ3) is 1.50. The van der Waals surface area contributed by atoms with Gasteiger partial charge in [0.1, 0.15) is 5.75 Å². The minimum Gasteiger partial charge on any atom is -0.508 e. The molecule has 78 valence electrons. The van der Waals surface area contributed by atoms with Crippen LogP contribution in [0.25, 0.3) is 10.9 Å². The van der Waals surface area contributed by atoms with Crippen LogP contribution in [0.5, 0.6) is 5.75 Å². The summed E-state index contributed by atoms with van der Waals surface area (Å²) in [5, 5.41) is 28.5. The summed E-state index contributed by atoms with van der Waals surface area (Å²) in [6.07, 6.45) is 0. The molecular formula is C10H12BNO3. The van der Waals surface area contributed by atoms with Crippen molar-refractivity contribution in [3.05, 3.63) is 23.4 Å². The molecule has 1 aromatic carbocycles. The van der Waals surface area contributed by atoms with Crippen molar-refractivity contribution in [3.63, 3.8) is 0 Å². The summed E-state index contributed by atoms with van der Waals surface area (Å²) in [7, 11) is -1.65. The number of aromatic nitrogens is 1. The van der Waals surface area contributed by atoms with Crippen LogP contribution >= 0.6 is 0 Å². The average Bonchev–Trinajstić information content (AvgIpc) is 2.43. The SMILES string of the molecule is Cc1[nH]c2cc(B(O)O)c(O)cc2c1C. The topological polar surface area (TPSA) is 76.5 Å². The number of hydrogen-bond acceptors (Lipinski definition) is 3. The van der Waals surface area contributed by atoms with Crippen molar-refractivity contribution in [1.29, 1.82) is 0 Å². The van der Waals surface area contributed by atoms with Crippen LogP contribution < -0.4 is 5.46 Å². The van der Waals surface area contributed by atoms with Gasteiger partial charge in [-0.15, -0.1) is 0 Å². The second kappa shape index (κ2) is 3.29. The molecule has 0 unspecified atom stereocenters. The molecule has 4 N–H and O–H groups in total. The number of aryl methyl sites for hydroxylation is 2. The van der Waals surface area contributed by atoms with Crippen molar-refractivity contribution >= 4 is 23.5 Å². The molecule has 0 radical (unpaired) electrons. The third-order valence-corrected chi connectivity index (χ3v) is 2.73. The van der Waals surface area contributed by atoms with E-state index >= 15 is 0 Å². The lowest BCUT2D eigenvalue weighted by molar-refractivity contribution is 0.420. The van der Waals surface area contributed by atoms with Gasteiger partial charge in [-0.2, -0.15) is 0 Å². The first-order valence-corrected chi connectivity index (χ1v) is 4.68. The van der Waals surface area contributed by atoms with Gasteiger partial charge < -0.3 is 20.1 Å². The van der Waals surface area contributed by atoms with Crippen LogP contribution in [-0.4, -0.2) is 27.3 Å². The predicted molar refractivity (Wildman–Crippen MR) is 59.3 cm³/mol. The van der Waals surface area contributed by atoms with Gasteiger partial charge in [0.25, 0.3) is 0 Å². The van der Waals surface area contributed by atoms with Gasteiger partial charge in [0.15, 0.2) is 0 Å². The van der Waals surface area contributed by atoms with Crippen molar-refractivity contribution in [2.75, 3.05) is 0 Å². The van der Waals surface area contributed by atoms with Crippen molar-refractivity contribution in [1.82, 2.24) is 4.98 Å². The Kier molecular flexibility index (Phi) is 2.21. The van der Waals surface area contributed by atoms with Gasteiger partial charge in [-0.3, -0.25) is 0 Å². The van der Waals surface area contributed by atoms with Gasteiger partial charge in [0, 0.05) is 22.1 Å². The fourth-order valence-corrected chi connectivity index (χ4v) is 1.72.